The summed E-state index contributed by atoms with van der Waals surface area (Å²) in [5.41, 5.74) is 2.63. The molecule has 0 bridgehead atoms. The molecule has 82 valence electrons. The molecule has 1 heterocycles. The molecular weight excluding hydrogens is 178 g/mol. The van der Waals surface area contributed by atoms with Crippen molar-refractivity contribution in [2.24, 2.45) is 16.8 Å². The van der Waals surface area contributed by atoms with E-state index in [1.54, 1.807) is 7.05 Å². The number of likely N-dealkylation sites (tertiary alicyclic amines) is 1. The molecule has 0 aromatic rings. The Morgan fingerprint density at radius 3 is 2.50 bits per heavy atom. The van der Waals surface area contributed by atoms with E-state index in [-0.39, 0.29) is 0 Å². The Bertz CT molecular complexity index is 213. The summed E-state index contributed by atoms with van der Waals surface area (Å²) in [6.45, 7) is 4.26. The van der Waals surface area contributed by atoms with Crippen molar-refractivity contribution in [3.05, 3.63) is 0 Å². The average molecular weight is 199 g/mol. The van der Waals surface area contributed by atoms with Gasteiger partial charge >= 0.3 is 0 Å². The van der Waals surface area contributed by atoms with Crippen LogP contribution in [0.5, 0.6) is 0 Å². The van der Waals surface area contributed by atoms with Gasteiger partial charge in [0.2, 0.25) is 5.96 Å². The normalized spacial score (nSPS) is 28.7. The summed E-state index contributed by atoms with van der Waals surface area (Å²) in [4.78, 5) is 8.55. The van der Waals surface area contributed by atoms with E-state index in [4.69, 9.17) is 5.84 Å². The maximum absolute atomic E-state index is 5.39. The van der Waals surface area contributed by atoms with Crippen LogP contribution in [-0.2, 0) is 0 Å². The average Bonchev–Trinajstić information content (AvgIpc) is 2.50. The van der Waals surface area contributed by atoms with E-state index < -0.39 is 0 Å². The number of nitrogens with zero attached hydrogens (tertiary/aromatic N) is 3. The Morgan fingerprint density at radius 2 is 2.14 bits per heavy atom. The number of nitrogens with one attached hydrogen (secondary N) is 1. The van der Waals surface area contributed by atoms with E-state index in [0.717, 1.165) is 19.0 Å². The van der Waals surface area contributed by atoms with Gasteiger partial charge in [0.1, 0.15) is 0 Å². The van der Waals surface area contributed by atoms with Gasteiger partial charge in [-0.3, -0.25) is 10.4 Å². The van der Waals surface area contributed by atoms with Crippen molar-refractivity contribution in [1.29, 1.82) is 0 Å². The fourth-order valence-corrected chi connectivity index (χ4v) is 2.09. The zero-order valence-corrected chi connectivity index (χ0v) is 9.49. The van der Waals surface area contributed by atoms with Crippen molar-refractivity contribution < 1.29 is 0 Å². The molecule has 0 spiro atoms. The minimum atomic E-state index is 0.583. The molecule has 2 atom stereocenters. The highest BCUT2D eigenvalue weighted by Crippen LogP contribution is 2.19. The van der Waals surface area contributed by atoms with Crippen LogP contribution >= 0.6 is 0 Å². The second-order valence-corrected chi connectivity index (χ2v) is 4.10. The minimum absolute atomic E-state index is 0.583. The molecule has 2 unspecified atom stereocenters. The van der Waals surface area contributed by atoms with Crippen molar-refractivity contribution >= 4 is 5.96 Å². The first kappa shape index (κ1) is 11.3. The Morgan fingerprint density at radius 1 is 1.50 bits per heavy atom. The quantitative estimate of drug-likeness (QED) is 0.254. The number of nitrogens with two attached hydrogens (primary N) is 1. The smallest absolute Gasteiger partial charge is 0.208 e. The molecule has 1 fully saturated rings. The lowest BCUT2D eigenvalue weighted by Gasteiger charge is -2.23. The summed E-state index contributed by atoms with van der Waals surface area (Å²) in [5, 5.41) is 0. The van der Waals surface area contributed by atoms with E-state index in [1.165, 1.54) is 0 Å². The van der Waals surface area contributed by atoms with Crippen LogP contribution in [0.2, 0.25) is 0 Å². The van der Waals surface area contributed by atoms with Crippen LogP contribution in [-0.4, -0.2) is 56.0 Å². The molecule has 1 aliphatic heterocycles. The molecule has 0 amide bonds. The molecular formula is C9H21N5. The highest BCUT2D eigenvalue weighted by Gasteiger charge is 2.32. The van der Waals surface area contributed by atoms with Crippen molar-refractivity contribution in [1.82, 2.24) is 15.2 Å². The first-order valence-corrected chi connectivity index (χ1v) is 4.95. The van der Waals surface area contributed by atoms with E-state index in [2.05, 4.69) is 41.2 Å². The molecule has 0 aromatic carbocycles. The van der Waals surface area contributed by atoms with Gasteiger partial charge in [-0.05, 0) is 20.0 Å². The summed E-state index contributed by atoms with van der Waals surface area (Å²) >= 11 is 0. The third-order valence-corrected chi connectivity index (χ3v) is 2.88. The molecule has 1 saturated heterocycles. The van der Waals surface area contributed by atoms with Crippen LogP contribution in [0.15, 0.2) is 4.99 Å². The highest BCUT2D eigenvalue weighted by atomic mass is 15.4. The van der Waals surface area contributed by atoms with E-state index in [0.29, 0.717) is 12.0 Å². The predicted octanol–water partition coefficient (Wildman–Crippen LogP) is -0.683. The maximum atomic E-state index is 5.39. The Labute approximate surface area is 85.9 Å². The van der Waals surface area contributed by atoms with Crippen LogP contribution in [0.4, 0.5) is 0 Å². The second-order valence-electron chi connectivity index (χ2n) is 4.10. The Kier molecular flexibility index (Phi) is 3.71. The lowest BCUT2D eigenvalue weighted by Crippen LogP contribution is -2.44. The van der Waals surface area contributed by atoms with Crippen LogP contribution < -0.4 is 11.3 Å². The zero-order chi connectivity index (χ0) is 10.7. The zero-order valence-electron chi connectivity index (χ0n) is 9.49. The molecule has 3 N–H and O–H groups in total. The molecule has 14 heavy (non-hydrogen) atoms. The molecule has 5 nitrogen and oxygen atoms in total. The number of hydrogen-bond acceptors (Lipinski definition) is 3. The van der Waals surface area contributed by atoms with Gasteiger partial charge in [-0.1, -0.05) is 6.92 Å². The van der Waals surface area contributed by atoms with E-state index in [1.807, 2.05) is 0 Å². The van der Waals surface area contributed by atoms with Gasteiger partial charge in [-0.25, -0.2) is 5.84 Å². The lowest BCUT2D eigenvalue weighted by atomic mass is 10.1. The van der Waals surface area contributed by atoms with Gasteiger partial charge < -0.3 is 9.80 Å². The van der Waals surface area contributed by atoms with Crippen molar-refractivity contribution in [2.75, 3.05) is 34.2 Å². The van der Waals surface area contributed by atoms with Crippen molar-refractivity contribution in [3.63, 3.8) is 0 Å². The second kappa shape index (κ2) is 4.61. The molecule has 0 aliphatic carbocycles. The molecule has 0 saturated carbocycles. The van der Waals surface area contributed by atoms with Gasteiger partial charge in [0.15, 0.2) is 0 Å². The summed E-state index contributed by atoms with van der Waals surface area (Å²) in [5.74, 6) is 6.82. The predicted molar refractivity (Wildman–Crippen MR) is 58.9 cm³/mol. The number of likely N-dealkylation sites (N-methyl/N-ethyl adjacent to an activating group) is 1. The summed E-state index contributed by atoms with van der Waals surface area (Å²) in [6, 6.07) is 0.583. The molecule has 0 aromatic heterocycles. The largest absolute Gasteiger partial charge is 0.340 e. The summed E-state index contributed by atoms with van der Waals surface area (Å²) in [7, 11) is 5.98. The Hall–Kier alpha value is -0.810. The molecule has 5 heteroatoms. The Balaban J connectivity index is 2.62. The first-order chi connectivity index (χ1) is 6.60. The molecule has 1 aliphatic rings. The number of guanidine groups is 1. The van der Waals surface area contributed by atoms with E-state index in [9.17, 15) is 0 Å². The standard InChI is InChI=1S/C9H21N5/c1-7-5-14(9(11-2)12-10)6-8(7)13(3)4/h7-8H,5-6,10H2,1-4H3,(H,11,12). The number of aliphatic imine (C=N–C) groups is 1. The fourth-order valence-electron chi connectivity index (χ4n) is 2.09. The topological polar surface area (TPSA) is 56.9 Å². The van der Waals surface area contributed by atoms with Crippen LogP contribution in [0.25, 0.3) is 0 Å². The molecule has 1 rings (SSSR count). The number of hydrogen-bond donors (Lipinski definition) is 2. The van der Waals surface area contributed by atoms with Gasteiger partial charge in [-0.2, -0.15) is 0 Å². The number of hydrazine groups is 1. The summed E-state index contributed by atoms with van der Waals surface area (Å²) < 4.78 is 0. The number of rotatable bonds is 1. The van der Waals surface area contributed by atoms with Gasteiger partial charge in [-0.15, -0.1) is 0 Å². The monoisotopic (exact) mass is 199 g/mol. The fraction of sp³-hybridized carbons (Fsp3) is 0.889. The van der Waals surface area contributed by atoms with Crippen molar-refractivity contribution in [3.8, 4) is 0 Å². The lowest BCUT2D eigenvalue weighted by molar-refractivity contribution is 0.262. The SMILES string of the molecule is CN=C(NN)N1CC(C)C(N(C)C)C1. The third-order valence-electron chi connectivity index (χ3n) is 2.88. The van der Waals surface area contributed by atoms with Gasteiger partial charge in [0, 0.05) is 26.2 Å². The van der Waals surface area contributed by atoms with Crippen LogP contribution in [0.3, 0.4) is 0 Å². The van der Waals surface area contributed by atoms with Crippen LogP contribution in [0.1, 0.15) is 6.92 Å². The van der Waals surface area contributed by atoms with Gasteiger partial charge in [0.25, 0.3) is 0 Å². The maximum Gasteiger partial charge on any atom is 0.208 e. The van der Waals surface area contributed by atoms with E-state index >= 15 is 0 Å². The third kappa shape index (κ3) is 2.16. The summed E-state index contributed by atoms with van der Waals surface area (Å²) in [6.07, 6.45) is 0. The molecule has 0 radical (unpaired) electrons. The van der Waals surface area contributed by atoms with Gasteiger partial charge in [0.05, 0.1) is 0 Å². The highest BCUT2D eigenvalue weighted by molar-refractivity contribution is 5.79. The van der Waals surface area contributed by atoms with Crippen molar-refractivity contribution in [2.45, 2.75) is 13.0 Å². The van der Waals surface area contributed by atoms with Crippen LogP contribution in [0, 0.1) is 5.92 Å². The first-order valence-electron chi connectivity index (χ1n) is 4.95. The minimum Gasteiger partial charge on any atom is -0.340 e.